The van der Waals surface area contributed by atoms with Crippen LogP contribution in [0.2, 0.25) is 0 Å². The van der Waals surface area contributed by atoms with Crippen LogP contribution in [0.4, 0.5) is 13.2 Å². The van der Waals surface area contributed by atoms with Crippen LogP contribution in [0.5, 0.6) is 0 Å². The van der Waals surface area contributed by atoms with Gasteiger partial charge in [-0.3, -0.25) is 4.98 Å². The minimum atomic E-state index is -4.26. The highest BCUT2D eigenvalue weighted by atomic mass is 19.4. The number of alkyl halides is 3. The summed E-state index contributed by atoms with van der Waals surface area (Å²) in [6.07, 6.45) is 2.05. The van der Waals surface area contributed by atoms with Gasteiger partial charge in [0.25, 0.3) is 0 Å². The van der Waals surface area contributed by atoms with E-state index in [1.165, 1.54) is 12.3 Å². The van der Waals surface area contributed by atoms with Crippen molar-refractivity contribution in [2.75, 3.05) is 0 Å². The van der Waals surface area contributed by atoms with E-state index in [0.29, 0.717) is 11.3 Å². The Morgan fingerprint density at radius 1 is 1.18 bits per heavy atom. The van der Waals surface area contributed by atoms with Gasteiger partial charge in [-0.15, -0.1) is 0 Å². The lowest BCUT2D eigenvalue weighted by Crippen LogP contribution is -2.15. The van der Waals surface area contributed by atoms with Crippen LogP contribution in [0.15, 0.2) is 12.3 Å². The smallest absolute Gasteiger partial charge is 0.261 e. The SMILES string of the molecule is Cc1cc(C(F)(F)F)c(C2CCCCC2)cn1. The molecule has 94 valence electrons. The van der Waals surface area contributed by atoms with Crippen LogP contribution in [0.3, 0.4) is 0 Å². The molecule has 0 aromatic carbocycles. The van der Waals surface area contributed by atoms with Gasteiger partial charge >= 0.3 is 6.18 Å². The van der Waals surface area contributed by atoms with Gasteiger partial charge in [-0.25, -0.2) is 0 Å². The second kappa shape index (κ2) is 4.67. The Kier molecular flexibility index (Phi) is 3.40. The summed E-state index contributed by atoms with van der Waals surface area (Å²) in [5, 5.41) is 0. The summed E-state index contributed by atoms with van der Waals surface area (Å²) in [7, 11) is 0. The van der Waals surface area contributed by atoms with E-state index < -0.39 is 11.7 Å². The van der Waals surface area contributed by atoms with Gasteiger partial charge in [0.05, 0.1) is 5.56 Å². The molecule has 2 rings (SSSR count). The molecular weight excluding hydrogens is 227 g/mol. The lowest BCUT2D eigenvalue weighted by Gasteiger charge is -2.24. The third kappa shape index (κ3) is 2.79. The van der Waals surface area contributed by atoms with Crippen molar-refractivity contribution in [3.63, 3.8) is 0 Å². The fourth-order valence-corrected chi connectivity index (χ4v) is 2.55. The third-order valence-electron chi connectivity index (χ3n) is 3.42. The molecule has 0 spiro atoms. The highest BCUT2D eigenvalue weighted by Gasteiger charge is 2.35. The summed E-state index contributed by atoms with van der Waals surface area (Å²) in [6, 6.07) is 1.17. The predicted octanol–water partition coefficient (Wildman–Crippen LogP) is 4.46. The Balaban J connectivity index is 2.38. The molecule has 0 amide bonds. The molecule has 0 N–H and O–H groups in total. The fraction of sp³-hybridized carbons (Fsp3) is 0.615. The van der Waals surface area contributed by atoms with Gasteiger partial charge < -0.3 is 0 Å². The lowest BCUT2D eigenvalue weighted by atomic mass is 9.82. The quantitative estimate of drug-likeness (QED) is 0.709. The highest BCUT2D eigenvalue weighted by molar-refractivity contribution is 5.32. The molecule has 0 aliphatic heterocycles. The number of nitrogens with zero attached hydrogens (tertiary/aromatic N) is 1. The van der Waals surface area contributed by atoms with E-state index in [4.69, 9.17) is 0 Å². The first kappa shape index (κ1) is 12.4. The first-order chi connectivity index (χ1) is 7.98. The molecule has 1 heterocycles. The van der Waals surface area contributed by atoms with Crippen LogP contribution in [-0.2, 0) is 6.18 Å². The lowest BCUT2D eigenvalue weighted by molar-refractivity contribution is -0.138. The number of rotatable bonds is 1. The van der Waals surface area contributed by atoms with Gasteiger partial charge in [-0.2, -0.15) is 13.2 Å². The number of halogens is 3. The van der Waals surface area contributed by atoms with Gasteiger partial charge in [-0.05, 0) is 37.3 Å². The topological polar surface area (TPSA) is 12.9 Å². The van der Waals surface area contributed by atoms with Crippen LogP contribution in [0, 0.1) is 6.92 Å². The predicted molar refractivity (Wildman–Crippen MR) is 59.8 cm³/mol. The van der Waals surface area contributed by atoms with Crippen molar-refractivity contribution in [3.05, 3.63) is 29.1 Å². The van der Waals surface area contributed by atoms with Crippen molar-refractivity contribution in [3.8, 4) is 0 Å². The van der Waals surface area contributed by atoms with Crippen molar-refractivity contribution >= 4 is 0 Å². The molecule has 1 aliphatic rings. The Bertz CT molecular complexity index is 392. The van der Waals surface area contributed by atoms with Crippen LogP contribution < -0.4 is 0 Å². The van der Waals surface area contributed by atoms with Crippen molar-refractivity contribution in [2.24, 2.45) is 0 Å². The van der Waals surface area contributed by atoms with E-state index in [-0.39, 0.29) is 5.92 Å². The molecule has 1 aromatic rings. The molecule has 0 unspecified atom stereocenters. The van der Waals surface area contributed by atoms with E-state index in [0.717, 1.165) is 32.1 Å². The fourth-order valence-electron chi connectivity index (χ4n) is 2.55. The zero-order valence-electron chi connectivity index (χ0n) is 9.85. The number of aryl methyl sites for hydroxylation is 1. The largest absolute Gasteiger partial charge is 0.416 e. The molecule has 0 radical (unpaired) electrons. The van der Waals surface area contributed by atoms with Gasteiger partial charge in [0, 0.05) is 11.9 Å². The molecule has 1 aromatic heterocycles. The average Bonchev–Trinajstić information content (AvgIpc) is 2.29. The Morgan fingerprint density at radius 3 is 2.41 bits per heavy atom. The highest BCUT2D eigenvalue weighted by Crippen LogP contribution is 2.40. The summed E-state index contributed by atoms with van der Waals surface area (Å²) < 4.78 is 38.9. The van der Waals surface area contributed by atoms with Crippen LogP contribution in [0.25, 0.3) is 0 Å². The van der Waals surface area contributed by atoms with Crippen LogP contribution in [0.1, 0.15) is 54.8 Å². The molecule has 1 saturated carbocycles. The first-order valence-corrected chi connectivity index (χ1v) is 6.02. The summed E-state index contributed by atoms with van der Waals surface area (Å²) in [5.74, 6) is 0.0356. The first-order valence-electron chi connectivity index (χ1n) is 6.02. The van der Waals surface area contributed by atoms with Gasteiger partial charge in [-0.1, -0.05) is 19.3 Å². The molecule has 0 saturated heterocycles. The second-order valence-electron chi connectivity index (χ2n) is 4.75. The third-order valence-corrected chi connectivity index (χ3v) is 3.42. The van der Waals surface area contributed by atoms with Gasteiger partial charge in [0.1, 0.15) is 0 Å². The zero-order valence-corrected chi connectivity index (χ0v) is 9.85. The molecule has 1 nitrogen and oxygen atoms in total. The van der Waals surface area contributed by atoms with E-state index in [9.17, 15) is 13.2 Å². The second-order valence-corrected chi connectivity index (χ2v) is 4.75. The Morgan fingerprint density at radius 2 is 1.82 bits per heavy atom. The summed E-state index contributed by atoms with van der Waals surface area (Å²) in [5.41, 5.74) is 0.330. The molecule has 1 aliphatic carbocycles. The maximum Gasteiger partial charge on any atom is 0.416 e. The van der Waals surface area contributed by atoms with Crippen molar-refractivity contribution < 1.29 is 13.2 Å². The Labute approximate surface area is 99.1 Å². The van der Waals surface area contributed by atoms with Crippen molar-refractivity contribution in [2.45, 2.75) is 51.1 Å². The van der Waals surface area contributed by atoms with E-state index in [1.54, 1.807) is 6.92 Å². The van der Waals surface area contributed by atoms with Crippen LogP contribution >= 0.6 is 0 Å². The van der Waals surface area contributed by atoms with Gasteiger partial charge in [0.2, 0.25) is 0 Å². The van der Waals surface area contributed by atoms with Gasteiger partial charge in [0.15, 0.2) is 0 Å². The van der Waals surface area contributed by atoms with Crippen molar-refractivity contribution in [1.29, 1.82) is 0 Å². The summed E-state index contributed by atoms with van der Waals surface area (Å²) in [6.45, 7) is 1.60. The van der Waals surface area contributed by atoms with Crippen molar-refractivity contribution in [1.82, 2.24) is 4.98 Å². The molecule has 0 atom stereocenters. The van der Waals surface area contributed by atoms with E-state index in [2.05, 4.69) is 4.98 Å². The Hall–Kier alpha value is -1.06. The zero-order chi connectivity index (χ0) is 12.5. The normalized spacial score (nSPS) is 18.4. The van der Waals surface area contributed by atoms with E-state index >= 15 is 0 Å². The molecule has 0 bridgehead atoms. The molecule has 1 fully saturated rings. The molecule has 4 heteroatoms. The molecular formula is C13H16F3N. The maximum absolute atomic E-state index is 13.0. The standard InChI is InChI=1S/C13H16F3N/c1-9-7-12(13(14,15)16)11(8-17-9)10-5-3-2-4-6-10/h7-8,10H,2-6H2,1H3. The minimum absolute atomic E-state index is 0.0356. The minimum Gasteiger partial charge on any atom is -0.261 e. The van der Waals surface area contributed by atoms with E-state index in [1.807, 2.05) is 0 Å². The summed E-state index contributed by atoms with van der Waals surface area (Å²) in [4.78, 5) is 4.03. The maximum atomic E-state index is 13.0. The monoisotopic (exact) mass is 243 g/mol. The number of hydrogen-bond acceptors (Lipinski definition) is 1. The average molecular weight is 243 g/mol. The number of aromatic nitrogens is 1. The number of hydrogen-bond donors (Lipinski definition) is 0. The summed E-state index contributed by atoms with van der Waals surface area (Å²) >= 11 is 0. The number of pyridine rings is 1. The van der Waals surface area contributed by atoms with Crippen LogP contribution in [-0.4, -0.2) is 4.98 Å². The molecule has 17 heavy (non-hydrogen) atoms.